The Hall–Kier alpha value is -0.320. The second-order valence-electron chi connectivity index (χ2n) is 4.58. The smallest absolute Gasteiger partial charge is 0.225 e. The van der Waals surface area contributed by atoms with E-state index < -0.39 is 0 Å². The summed E-state index contributed by atoms with van der Waals surface area (Å²) in [6.07, 6.45) is 5.01. The van der Waals surface area contributed by atoms with Crippen LogP contribution in [-0.2, 0) is 9.53 Å². The maximum Gasteiger partial charge on any atom is 0.225 e. The molecule has 2 aliphatic rings. The molecule has 2 fully saturated rings. The lowest BCUT2D eigenvalue weighted by Crippen LogP contribution is -2.35. The van der Waals surface area contributed by atoms with Crippen molar-refractivity contribution in [2.45, 2.75) is 44.2 Å². The van der Waals surface area contributed by atoms with Crippen LogP contribution in [0.25, 0.3) is 0 Å². The molecule has 0 aromatic carbocycles. The second kappa shape index (κ2) is 6.42. The molecule has 1 amide bonds. The Bertz CT molecular complexity index is 232. The van der Waals surface area contributed by atoms with Crippen molar-refractivity contribution >= 4 is 18.3 Å². The highest BCUT2D eigenvalue weighted by atomic mass is 35.5. The first kappa shape index (κ1) is 13.7. The summed E-state index contributed by atoms with van der Waals surface area (Å²) in [5.74, 6) is 0.217. The SMILES string of the molecule is Cl.N[C@H]1CCN(C(=O)CC2CCCCO2)C1. The van der Waals surface area contributed by atoms with Gasteiger partial charge in [-0.05, 0) is 25.7 Å². The van der Waals surface area contributed by atoms with E-state index in [1.165, 1.54) is 6.42 Å². The zero-order chi connectivity index (χ0) is 10.7. The van der Waals surface area contributed by atoms with Gasteiger partial charge in [0.15, 0.2) is 0 Å². The molecule has 2 N–H and O–H groups in total. The van der Waals surface area contributed by atoms with E-state index in [0.29, 0.717) is 6.42 Å². The second-order valence-corrected chi connectivity index (χ2v) is 4.58. The highest BCUT2D eigenvalue weighted by molar-refractivity contribution is 5.85. The Labute approximate surface area is 103 Å². The number of rotatable bonds is 2. The molecule has 0 aliphatic carbocycles. The number of amides is 1. The van der Waals surface area contributed by atoms with Gasteiger partial charge in [0, 0.05) is 25.7 Å². The molecule has 5 heteroatoms. The van der Waals surface area contributed by atoms with E-state index in [0.717, 1.165) is 39.0 Å². The molecular weight excluding hydrogens is 228 g/mol. The topological polar surface area (TPSA) is 55.6 Å². The molecule has 0 saturated carbocycles. The minimum atomic E-state index is 0. The van der Waals surface area contributed by atoms with Gasteiger partial charge < -0.3 is 15.4 Å². The fraction of sp³-hybridized carbons (Fsp3) is 0.909. The van der Waals surface area contributed by atoms with Gasteiger partial charge in [0.1, 0.15) is 0 Å². The molecule has 1 unspecified atom stereocenters. The van der Waals surface area contributed by atoms with Crippen molar-refractivity contribution in [3.05, 3.63) is 0 Å². The average Bonchev–Trinajstić information content (AvgIpc) is 2.66. The third-order valence-corrected chi connectivity index (χ3v) is 3.25. The average molecular weight is 249 g/mol. The number of nitrogens with zero attached hydrogens (tertiary/aromatic N) is 1. The summed E-state index contributed by atoms with van der Waals surface area (Å²) in [6, 6.07) is 0.182. The van der Waals surface area contributed by atoms with Gasteiger partial charge >= 0.3 is 0 Å². The Morgan fingerprint density at radius 2 is 2.19 bits per heavy atom. The Morgan fingerprint density at radius 3 is 2.75 bits per heavy atom. The first-order valence-electron chi connectivity index (χ1n) is 5.90. The number of carbonyl (C=O) groups excluding carboxylic acids is 1. The molecule has 0 radical (unpaired) electrons. The van der Waals surface area contributed by atoms with Crippen LogP contribution in [0.5, 0.6) is 0 Å². The van der Waals surface area contributed by atoms with Gasteiger partial charge in [-0.25, -0.2) is 0 Å². The molecule has 2 aliphatic heterocycles. The van der Waals surface area contributed by atoms with Crippen molar-refractivity contribution in [3.8, 4) is 0 Å². The summed E-state index contributed by atoms with van der Waals surface area (Å²) in [5.41, 5.74) is 5.77. The molecule has 2 heterocycles. The summed E-state index contributed by atoms with van der Waals surface area (Å²) < 4.78 is 5.56. The predicted molar refractivity (Wildman–Crippen MR) is 64.6 cm³/mol. The summed E-state index contributed by atoms with van der Waals surface area (Å²) >= 11 is 0. The minimum Gasteiger partial charge on any atom is -0.378 e. The number of ether oxygens (including phenoxy) is 1. The largest absolute Gasteiger partial charge is 0.378 e. The maximum absolute atomic E-state index is 11.8. The van der Waals surface area contributed by atoms with Gasteiger partial charge in [0.05, 0.1) is 12.5 Å². The molecule has 0 aromatic heterocycles. The van der Waals surface area contributed by atoms with Gasteiger partial charge in [0.2, 0.25) is 5.91 Å². The van der Waals surface area contributed by atoms with Gasteiger partial charge in [-0.3, -0.25) is 4.79 Å². The first-order chi connectivity index (χ1) is 7.25. The number of hydrogen-bond donors (Lipinski definition) is 1. The van der Waals surface area contributed by atoms with Crippen LogP contribution in [0.2, 0.25) is 0 Å². The number of halogens is 1. The number of carbonyl (C=O) groups is 1. The van der Waals surface area contributed by atoms with Crippen LogP contribution in [0.15, 0.2) is 0 Å². The summed E-state index contributed by atoms with van der Waals surface area (Å²) in [7, 11) is 0. The molecule has 0 bridgehead atoms. The molecule has 4 nitrogen and oxygen atoms in total. The highest BCUT2D eigenvalue weighted by Gasteiger charge is 2.26. The third-order valence-electron chi connectivity index (χ3n) is 3.25. The molecule has 2 atom stereocenters. The third kappa shape index (κ3) is 3.61. The van der Waals surface area contributed by atoms with Crippen molar-refractivity contribution in [1.29, 1.82) is 0 Å². The minimum absolute atomic E-state index is 0. The van der Waals surface area contributed by atoms with Crippen LogP contribution in [0.4, 0.5) is 0 Å². The predicted octanol–water partition coefficient (Wildman–Crippen LogP) is 0.927. The van der Waals surface area contributed by atoms with E-state index in [1.807, 2.05) is 4.90 Å². The zero-order valence-electron chi connectivity index (χ0n) is 9.56. The van der Waals surface area contributed by atoms with E-state index in [-0.39, 0.29) is 30.5 Å². The number of hydrogen-bond acceptors (Lipinski definition) is 3. The normalized spacial score (nSPS) is 29.9. The molecule has 2 rings (SSSR count). The van der Waals surface area contributed by atoms with E-state index >= 15 is 0 Å². The van der Waals surface area contributed by atoms with E-state index in [4.69, 9.17) is 10.5 Å². The standard InChI is InChI=1S/C11H20N2O2.ClH/c12-9-4-5-13(8-9)11(14)7-10-3-1-2-6-15-10;/h9-10H,1-8,12H2;1H/t9-,10?;/m0./s1. The van der Waals surface area contributed by atoms with Crippen LogP contribution >= 0.6 is 12.4 Å². The monoisotopic (exact) mass is 248 g/mol. The highest BCUT2D eigenvalue weighted by Crippen LogP contribution is 2.18. The maximum atomic E-state index is 11.8. The van der Waals surface area contributed by atoms with Crippen molar-refractivity contribution in [2.75, 3.05) is 19.7 Å². The van der Waals surface area contributed by atoms with Crippen LogP contribution in [0, 0.1) is 0 Å². The zero-order valence-corrected chi connectivity index (χ0v) is 10.4. The first-order valence-corrected chi connectivity index (χ1v) is 5.90. The van der Waals surface area contributed by atoms with Crippen LogP contribution in [0.3, 0.4) is 0 Å². The molecule has 16 heavy (non-hydrogen) atoms. The van der Waals surface area contributed by atoms with Crippen molar-refractivity contribution in [2.24, 2.45) is 5.73 Å². The molecule has 2 saturated heterocycles. The van der Waals surface area contributed by atoms with Gasteiger partial charge in [-0.1, -0.05) is 0 Å². The van der Waals surface area contributed by atoms with Crippen molar-refractivity contribution in [1.82, 2.24) is 4.90 Å². The summed E-state index contributed by atoms with van der Waals surface area (Å²) in [4.78, 5) is 13.7. The van der Waals surface area contributed by atoms with Crippen LogP contribution in [0.1, 0.15) is 32.1 Å². The van der Waals surface area contributed by atoms with Gasteiger partial charge in [0.25, 0.3) is 0 Å². The molecule has 0 spiro atoms. The van der Waals surface area contributed by atoms with Gasteiger partial charge in [-0.15, -0.1) is 12.4 Å². The summed E-state index contributed by atoms with van der Waals surface area (Å²) in [6.45, 7) is 2.37. The van der Waals surface area contributed by atoms with E-state index in [1.54, 1.807) is 0 Å². The van der Waals surface area contributed by atoms with Crippen LogP contribution < -0.4 is 5.73 Å². The summed E-state index contributed by atoms with van der Waals surface area (Å²) in [5, 5.41) is 0. The molecular formula is C11H21ClN2O2. The van der Waals surface area contributed by atoms with Crippen LogP contribution in [-0.4, -0.2) is 42.6 Å². The van der Waals surface area contributed by atoms with E-state index in [2.05, 4.69) is 0 Å². The fourth-order valence-electron chi connectivity index (χ4n) is 2.31. The molecule has 94 valence electrons. The lowest BCUT2D eigenvalue weighted by Gasteiger charge is -2.24. The van der Waals surface area contributed by atoms with Crippen molar-refractivity contribution in [3.63, 3.8) is 0 Å². The Kier molecular flexibility index (Phi) is 5.52. The van der Waals surface area contributed by atoms with E-state index in [9.17, 15) is 4.79 Å². The number of nitrogens with two attached hydrogens (primary N) is 1. The van der Waals surface area contributed by atoms with Crippen molar-refractivity contribution < 1.29 is 9.53 Å². The fourth-order valence-corrected chi connectivity index (χ4v) is 2.31. The van der Waals surface area contributed by atoms with Gasteiger partial charge in [-0.2, -0.15) is 0 Å². The lowest BCUT2D eigenvalue weighted by atomic mass is 10.1. The lowest BCUT2D eigenvalue weighted by molar-refractivity contribution is -0.134. The Balaban J connectivity index is 0.00000128. The molecule has 0 aromatic rings. The Morgan fingerprint density at radius 1 is 1.38 bits per heavy atom. The number of likely N-dealkylation sites (tertiary alicyclic amines) is 1. The quantitative estimate of drug-likeness (QED) is 0.791.